The Kier molecular flexibility index (Phi) is 3.34. The molecule has 1 saturated heterocycles. The SMILES string of the molecule is CC(C)N(C)[C]N1CCCC1. The summed E-state index contributed by atoms with van der Waals surface area (Å²) in [6.07, 6.45) is 2.66. The van der Waals surface area contributed by atoms with Crippen molar-refractivity contribution in [3.63, 3.8) is 0 Å². The second-order valence-corrected chi connectivity index (χ2v) is 3.50. The number of nitrogens with zero attached hydrogens (tertiary/aromatic N) is 2. The molecule has 0 aliphatic carbocycles. The number of hydrogen-bond donors (Lipinski definition) is 0. The van der Waals surface area contributed by atoms with E-state index in [4.69, 9.17) is 0 Å². The van der Waals surface area contributed by atoms with Crippen LogP contribution in [0.1, 0.15) is 26.7 Å². The van der Waals surface area contributed by atoms with Crippen LogP contribution >= 0.6 is 0 Å². The first-order chi connectivity index (χ1) is 5.20. The van der Waals surface area contributed by atoms with Crippen LogP contribution in [-0.2, 0) is 0 Å². The summed E-state index contributed by atoms with van der Waals surface area (Å²) in [7, 11) is 2.09. The minimum atomic E-state index is 0.565. The van der Waals surface area contributed by atoms with Gasteiger partial charge in [0.15, 0.2) is 0 Å². The molecule has 0 aromatic rings. The summed E-state index contributed by atoms with van der Waals surface area (Å²) in [6.45, 7) is 10.1. The standard InChI is InChI=1S/C9H18N2/c1-9(2)10(3)8-11-6-4-5-7-11/h9H,4-7H2,1-3H3. The summed E-state index contributed by atoms with van der Waals surface area (Å²) in [5, 5.41) is 0. The number of likely N-dealkylation sites (tertiary alicyclic amines) is 1. The van der Waals surface area contributed by atoms with E-state index < -0.39 is 0 Å². The monoisotopic (exact) mass is 154 g/mol. The van der Waals surface area contributed by atoms with Crippen molar-refractivity contribution in [2.75, 3.05) is 20.1 Å². The van der Waals surface area contributed by atoms with Gasteiger partial charge >= 0.3 is 0 Å². The largest absolute Gasteiger partial charge is 0.280 e. The van der Waals surface area contributed by atoms with Crippen LogP contribution in [0.5, 0.6) is 0 Å². The molecule has 0 spiro atoms. The molecule has 0 bridgehead atoms. The summed E-state index contributed by atoms with van der Waals surface area (Å²) in [5.41, 5.74) is 0. The Labute approximate surface area is 70.2 Å². The van der Waals surface area contributed by atoms with E-state index in [-0.39, 0.29) is 0 Å². The fourth-order valence-corrected chi connectivity index (χ4v) is 1.16. The maximum atomic E-state index is 3.34. The zero-order valence-electron chi connectivity index (χ0n) is 7.80. The molecular formula is C9H18N2. The van der Waals surface area contributed by atoms with E-state index in [1.54, 1.807) is 0 Å². The molecule has 0 aromatic carbocycles. The van der Waals surface area contributed by atoms with Crippen LogP contribution in [0.25, 0.3) is 0 Å². The molecule has 1 fully saturated rings. The normalized spacial score (nSPS) is 20.5. The quantitative estimate of drug-likeness (QED) is 0.567. The van der Waals surface area contributed by atoms with E-state index in [0.29, 0.717) is 6.04 Å². The fraction of sp³-hybridized carbons (Fsp3) is 0.889. The van der Waals surface area contributed by atoms with Crippen LogP contribution in [0.3, 0.4) is 0 Å². The average Bonchev–Trinajstić information content (AvgIpc) is 2.39. The maximum absolute atomic E-state index is 3.34. The van der Waals surface area contributed by atoms with E-state index in [1.165, 1.54) is 25.9 Å². The summed E-state index contributed by atoms with van der Waals surface area (Å²) in [4.78, 5) is 4.42. The summed E-state index contributed by atoms with van der Waals surface area (Å²) >= 11 is 0. The molecule has 1 rings (SSSR count). The Hall–Kier alpha value is -0.0800. The molecule has 64 valence electrons. The highest BCUT2D eigenvalue weighted by Gasteiger charge is 2.15. The highest BCUT2D eigenvalue weighted by Crippen LogP contribution is 2.11. The van der Waals surface area contributed by atoms with Crippen LogP contribution in [0, 0.1) is 6.67 Å². The Morgan fingerprint density at radius 1 is 1.27 bits per heavy atom. The highest BCUT2D eigenvalue weighted by molar-refractivity contribution is 4.75. The van der Waals surface area contributed by atoms with Gasteiger partial charge in [-0.2, -0.15) is 0 Å². The van der Waals surface area contributed by atoms with Crippen molar-refractivity contribution in [2.45, 2.75) is 32.7 Å². The molecule has 11 heavy (non-hydrogen) atoms. The third-order valence-electron chi connectivity index (χ3n) is 2.18. The summed E-state index contributed by atoms with van der Waals surface area (Å²) < 4.78 is 0. The van der Waals surface area contributed by atoms with E-state index in [1.807, 2.05) is 0 Å². The molecule has 0 unspecified atom stereocenters. The first kappa shape index (κ1) is 9.01. The minimum absolute atomic E-state index is 0.565. The van der Waals surface area contributed by atoms with Crippen molar-refractivity contribution in [3.05, 3.63) is 6.67 Å². The molecule has 2 heteroatoms. The Bertz CT molecular complexity index is 106. The van der Waals surface area contributed by atoms with Crippen molar-refractivity contribution in [1.82, 2.24) is 9.80 Å². The van der Waals surface area contributed by atoms with Crippen molar-refractivity contribution >= 4 is 0 Å². The fourth-order valence-electron chi connectivity index (χ4n) is 1.16. The van der Waals surface area contributed by atoms with E-state index in [0.717, 1.165) is 0 Å². The van der Waals surface area contributed by atoms with E-state index >= 15 is 0 Å². The van der Waals surface area contributed by atoms with Crippen LogP contribution in [-0.4, -0.2) is 36.0 Å². The van der Waals surface area contributed by atoms with Gasteiger partial charge in [0.2, 0.25) is 0 Å². The second-order valence-electron chi connectivity index (χ2n) is 3.50. The van der Waals surface area contributed by atoms with Gasteiger partial charge < -0.3 is 0 Å². The van der Waals surface area contributed by atoms with Gasteiger partial charge in [-0.25, -0.2) is 0 Å². The van der Waals surface area contributed by atoms with E-state index in [9.17, 15) is 0 Å². The van der Waals surface area contributed by atoms with Crippen molar-refractivity contribution in [3.8, 4) is 0 Å². The lowest BCUT2D eigenvalue weighted by molar-refractivity contribution is 0.222. The van der Waals surface area contributed by atoms with Crippen molar-refractivity contribution in [2.24, 2.45) is 0 Å². The van der Waals surface area contributed by atoms with Gasteiger partial charge in [-0.3, -0.25) is 9.80 Å². The molecule has 0 aromatic heterocycles. The van der Waals surface area contributed by atoms with Crippen LogP contribution in [0.4, 0.5) is 0 Å². The minimum Gasteiger partial charge on any atom is -0.280 e. The number of hydrogen-bond acceptors (Lipinski definition) is 2. The Morgan fingerprint density at radius 3 is 2.27 bits per heavy atom. The molecule has 1 aliphatic rings. The first-order valence-corrected chi connectivity index (χ1v) is 4.44. The van der Waals surface area contributed by atoms with Crippen LogP contribution < -0.4 is 0 Å². The van der Waals surface area contributed by atoms with Gasteiger partial charge in [0.05, 0.1) is 0 Å². The first-order valence-electron chi connectivity index (χ1n) is 4.44. The zero-order chi connectivity index (χ0) is 8.27. The van der Waals surface area contributed by atoms with Crippen molar-refractivity contribution in [1.29, 1.82) is 0 Å². The summed E-state index contributed by atoms with van der Waals surface area (Å²) in [5.74, 6) is 0. The highest BCUT2D eigenvalue weighted by atomic mass is 15.3. The lowest BCUT2D eigenvalue weighted by Gasteiger charge is -2.24. The van der Waals surface area contributed by atoms with E-state index in [2.05, 4.69) is 37.4 Å². The molecule has 2 nitrogen and oxygen atoms in total. The second kappa shape index (κ2) is 4.07. The Balaban J connectivity index is 2.18. The lowest BCUT2D eigenvalue weighted by atomic mass is 10.4. The van der Waals surface area contributed by atoms with Crippen LogP contribution in [0.2, 0.25) is 0 Å². The van der Waals surface area contributed by atoms with Crippen molar-refractivity contribution < 1.29 is 0 Å². The van der Waals surface area contributed by atoms with Gasteiger partial charge in [0.1, 0.15) is 6.67 Å². The molecule has 1 aliphatic heterocycles. The number of rotatable bonds is 3. The third kappa shape index (κ3) is 2.80. The predicted molar refractivity (Wildman–Crippen MR) is 46.9 cm³/mol. The van der Waals surface area contributed by atoms with Gasteiger partial charge in [-0.1, -0.05) is 0 Å². The molecule has 1 heterocycles. The molecule has 0 atom stereocenters. The smallest absolute Gasteiger partial charge is 0.146 e. The van der Waals surface area contributed by atoms with Crippen LogP contribution in [0.15, 0.2) is 0 Å². The van der Waals surface area contributed by atoms with Gasteiger partial charge in [0, 0.05) is 19.1 Å². The third-order valence-corrected chi connectivity index (χ3v) is 2.18. The molecular weight excluding hydrogens is 136 g/mol. The zero-order valence-corrected chi connectivity index (χ0v) is 7.80. The average molecular weight is 154 g/mol. The van der Waals surface area contributed by atoms with Gasteiger partial charge in [-0.15, -0.1) is 0 Å². The molecule has 0 saturated carbocycles. The van der Waals surface area contributed by atoms with Gasteiger partial charge in [-0.05, 0) is 33.7 Å². The maximum Gasteiger partial charge on any atom is 0.146 e. The lowest BCUT2D eigenvalue weighted by Crippen LogP contribution is -2.32. The predicted octanol–water partition coefficient (Wildman–Crippen LogP) is 1.42. The Morgan fingerprint density at radius 2 is 1.82 bits per heavy atom. The molecule has 0 amide bonds. The molecule has 2 radical (unpaired) electrons. The summed E-state index contributed by atoms with van der Waals surface area (Å²) in [6, 6.07) is 0.565. The topological polar surface area (TPSA) is 6.48 Å². The molecule has 0 N–H and O–H groups in total. The van der Waals surface area contributed by atoms with Gasteiger partial charge in [0.25, 0.3) is 0 Å².